The summed E-state index contributed by atoms with van der Waals surface area (Å²) in [4.78, 5) is 14.5. The maximum Gasteiger partial charge on any atom is 0.272 e. The van der Waals surface area contributed by atoms with Crippen LogP contribution in [0.25, 0.3) is 0 Å². The molecule has 0 fully saturated rings. The van der Waals surface area contributed by atoms with E-state index < -0.39 is 11.7 Å². The first-order valence-corrected chi connectivity index (χ1v) is 5.52. The minimum atomic E-state index is -2.62. The van der Waals surface area contributed by atoms with Crippen molar-refractivity contribution in [1.29, 1.82) is 0 Å². The third-order valence-electron chi connectivity index (χ3n) is 1.38. The van der Waals surface area contributed by atoms with Gasteiger partial charge in [-0.05, 0) is 56.2 Å². The number of halogens is 5. The van der Waals surface area contributed by atoms with Crippen LogP contribution in [0.1, 0.15) is 22.5 Å². The summed E-state index contributed by atoms with van der Waals surface area (Å²) in [6.45, 7) is 0. The zero-order valence-electron chi connectivity index (χ0n) is 6.40. The highest BCUT2D eigenvalue weighted by Gasteiger charge is 2.18. The summed E-state index contributed by atoms with van der Waals surface area (Å²) >= 11 is 9.76. The predicted molar refractivity (Wildman–Crippen MR) is 59.8 cm³/mol. The van der Waals surface area contributed by atoms with Crippen LogP contribution in [-0.2, 0) is 0 Å². The molecule has 0 aliphatic heterocycles. The summed E-state index contributed by atoms with van der Waals surface area (Å²) in [5.41, 5.74) is -0.278. The van der Waals surface area contributed by atoms with Crippen LogP contribution in [0.4, 0.5) is 8.78 Å². The Morgan fingerprint density at radius 3 is 2.64 bits per heavy atom. The van der Waals surface area contributed by atoms with Crippen LogP contribution in [0.15, 0.2) is 10.5 Å². The molecule has 0 radical (unpaired) electrons. The Bertz CT molecular complexity index is 388. The lowest BCUT2D eigenvalue weighted by atomic mass is 10.2. The second-order valence-corrected chi connectivity index (χ2v) is 4.49. The van der Waals surface area contributed by atoms with E-state index in [1.807, 2.05) is 0 Å². The Kier molecular flexibility index (Phi) is 4.20. The number of hydrogen-bond acceptors (Lipinski definition) is 2. The van der Waals surface area contributed by atoms with Gasteiger partial charge in [-0.15, -0.1) is 0 Å². The minimum Gasteiger partial charge on any atom is -0.274 e. The van der Waals surface area contributed by atoms with E-state index in [-0.39, 0.29) is 19.4 Å². The van der Waals surface area contributed by atoms with Gasteiger partial charge in [0.25, 0.3) is 11.7 Å². The Morgan fingerprint density at radius 2 is 2.21 bits per heavy atom. The summed E-state index contributed by atoms with van der Waals surface area (Å²) in [6, 6.07) is 1.15. The van der Waals surface area contributed by atoms with E-state index in [0.29, 0.717) is 0 Å². The molecule has 0 spiro atoms. The number of nitrogens with zero attached hydrogens (tertiary/aromatic N) is 1. The van der Waals surface area contributed by atoms with Crippen molar-refractivity contribution in [1.82, 2.24) is 4.98 Å². The number of alkyl halides is 2. The summed E-state index contributed by atoms with van der Waals surface area (Å²) in [5, 5.41) is -0.782. The monoisotopic (exact) mass is 395 g/mol. The lowest BCUT2D eigenvalue weighted by Gasteiger charge is -2.05. The van der Waals surface area contributed by atoms with Crippen molar-refractivity contribution < 1.29 is 13.6 Å². The van der Waals surface area contributed by atoms with Gasteiger partial charge < -0.3 is 0 Å². The largest absolute Gasteiger partial charge is 0.274 e. The van der Waals surface area contributed by atoms with Gasteiger partial charge in [-0.1, -0.05) is 0 Å². The SMILES string of the molecule is O=C(Cl)c1nc(I)c(C(F)F)cc1Br. The molecule has 0 amide bonds. The van der Waals surface area contributed by atoms with E-state index in [1.54, 1.807) is 22.6 Å². The van der Waals surface area contributed by atoms with E-state index in [2.05, 4.69) is 20.9 Å². The number of hydrogen-bond donors (Lipinski definition) is 0. The van der Waals surface area contributed by atoms with Crippen LogP contribution in [-0.4, -0.2) is 10.2 Å². The van der Waals surface area contributed by atoms with Crippen LogP contribution >= 0.6 is 50.1 Å². The average molecular weight is 396 g/mol. The molecule has 0 aliphatic rings. The average Bonchev–Trinajstić information content (AvgIpc) is 2.07. The van der Waals surface area contributed by atoms with E-state index in [1.165, 1.54) is 0 Å². The molecule has 0 aromatic carbocycles. The first-order valence-electron chi connectivity index (χ1n) is 3.27. The number of rotatable bonds is 2. The van der Waals surface area contributed by atoms with Crippen molar-refractivity contribution in [3.8, 4) is 0 Å². The summed E-state index contributed by atoms with van der Waals surface area (Å²) in [6.07, 6.45) is -2.62. The topological polar surface area (TPSA) is 30.0 Å². The van der Waals surface area contributed by atoms with Crippen LogP contribution in [0, 0.1) is 3.70 Å². The fraction of sp³-hybridized carbons (Fsp3) is 0.143. The Morgan fingerprint density at radius 1 is 1.64 bits per heavy atom. The van der Waals surface area contributed by atoms with Gasteiger partial charge in [-0.25, -0.2) is 13.8 Å². The Hall–Kier alpha value is 0.180. The van der Waals surface area contributed by atoms with Crippen molar-refractivity contribution in [2.45, 2.75) is 6.43 Å². The van der Waals surface area contributed by atoms with Crippen molar-refractivity contribution in [2.75, 3.05) is 0 Å². The molecule has 0 saturated heterocycles. The standard InChI is InChI=1S/C7H2BrClF2INO/c8-3-1-2(6(10)11)7(12)13-4(3)5(9)14/h1,6H. The van der Waals surface area contributed by atoms with E-state index in [4.69, 9.17) is 11.6 Å². The highest BCUT2D eigenvalue weighted by Crippen LogP contribution is 2.28. The second kappa shape index (κ2) is 4.80. The molecule has 0 N–H and O–H groups in total. The minimum absolute atomic E-state index is 0.0551. The molecule has 1 heterocycles. The van der Waals surface area contributed by atoms with E-state index in [9.17, 15) is 13.6 Å². The molecule has 1 aromatic rings. The molecule has 1 aromatic heterocycles. The zero-order chi connectivity index (χ0) is 10.9. The van der Waals surface area contributed by atoms with Crippen LogP contribution < -0.4 is 0 Å². The van der Waals surface area contributed by atoms with Crippen molar-refractivity contribution in [3.63, 3.8) is 0 Å². The number of pyridine rings is 1. The summed E-state index contributed by atoms with van der Waals surface area (Å²) < 4.78 is 25.0. The third kappa shape index (κ3) is 2.60. The first kappa shape index (κ1) is 12.3. The first-order chi connectivity index (χ1) is 6.43. The van der Waals surface area contributed by atoms with Gasteiger partial charge in [-0.3, -0.25) is 4.79 Å². The molecule has 0 saturated carbocycles. The van der Waals surface area contributed by atoms with Crippen molar-refractivity contribution in [2.24, 2.45) is 0 Å². The normalized spacial score (nSPS) is 10.7. The molecule has 7 heteroatoms. The van der Waals surface area contributed by atoms with Crippen LogP contribution in [0.3, 0.4) is 0 Å². The summed E-state index contributed by atoms with van der Waals surface area (Å²) in [5.74, 6) is 0. The number of carbonyl (C=O) groups excluding carboxylic acids is 1. The highest BCUT2D eigenvalue weighted by atomic mass is 127. The van der Waals surface area contributed by atoms with Gasteiger partial charge in [0, 0.05) is 4.47 Å². The molecule has 76 valence electrons. The Labute approximate surface area is 105 Å². The highest BCUT2D eigenvalue weighted by molar-refractivity contribution is 14.1. The molecule has 14 heavy (non-hydrogen) atoms. The van der Waals surface area contributed by atoms with Gasteiger partial charge in [0.2, 0.25) is 0 Å². The smallest absolute Gasteiger partial charge is 0.272 e. The molecule has 0 unspecified atom stereocenters. The quantitative estimate of drug-likeness (QED) is 0.433. The number of aromatic nitrogens is 1. The van der Waals surface area contributed by atoms with E-state index >= 15 is 0 Å². The maximum absolute atomic E-state index is 12.4. The molecule has 1 rings (SSSR count). The van der Waals surface area contributed by atoms with Gasteiger partial charge in [0.15, 0.2) is 0 Å². The van der Waals surface area contributed by atoms with Crippen molar-refractivity contribution >= 4 is 55.4 Å². The maximum atomic E-state index is 12.4. The lowest BCUT2D eigenvalue weighted by Crippen LogP contribution is -2.02. The molecular formula is C7H2BrClF2INO. The van der Waals surface area contributed by atoms with Gasteiger partial charge in [0.05, 0.1) is 5.56 Å². The second-order valence-electron chi connectivity index (χ2n) is 2.27. The molecule has 0 bridgehead atoms. The number of carbonyl (C=O) groups is 1. The van der Waals surface area contributed by atoms with Crippen molar-refractivity contribution in [3.05, 3.63) is 25.5 Å². The molecule has 2 nitrogen and oxygen atoms in total. The lowest BCUT2D eigenvalue weighted by molar-refractivity contribution is 0.107. The predicted octanol–water partition coefficient (Wildman–Crippen LogP) is 3.77. The zero-order valence-corrected chi connectivity index (χ0v) is 10.9. The molecule has 0 atom stereocenters. The fourth-order valence-electron chi connectivity index (χ4n) is 0.771. The van der Waals surface area contributed by atoms with Gasteiger partial charge in [-0.2, -0.15) is 0 Å². The Balaban J connectivity index is 3.31. The van der Waals surface area contributed by atoms with Crippen LogP contribution in [0.2, 0.25) is 0 Å². The van der Waals surface area contributed by atoms with E-state index in [0.717, 1.165) is 6.07 Å². The van der Waals surface area contributed by atoms with Crippen LogP contribution in [0.5, 0.6) is 0 Å². The summed E-state index contributed by atoms with van der Waals surface area (Å²) in [7, 11) is 0. The molecule has 0 aliphatic carbocycles. The molecular weight excluding hydrogens is 394 g/mol. The third-order valence-corrected chi connectivity index (χ3v) is 3.03. The van der Waals surface area contributed by atoms with Gasteiger partial charge >= 0.3 is 0 Å². The fourth-order valence-corrected chi connectivity index (χ4v) is 2.18. The van der Waals surface area contributed by atoms with Gasteiger partial charge in [0.1, 0.15) is 9.39 Å².